The van der Waals surface area contributed by atoms with Crippen LogP contribution in [0.4, 0.5) is 4.39 Å². The maximum absolute atomic E-state index is 13.2. The fraction of sp³-hybridized carbons (Fsp3) is 0.182. The van der Waals surface area contributed by atoms with E-state index in [1.54, 1.807) is 6.07 Å². The van der Waals surface area contributed by atoms with Gasteiger partial charge in [0.15, 0.2) is 0 Å². The van der Waals surface area contributed by atoms with Crippen LogP contribution in [0.1, 0.15) is 12.6 Å². The second-order valence-electron chi connectivity index (χ2n) is 3.41. The van der Waals surface area contributed by atoms with Crippen LogP contribution in [0.3, 0.4) is 0 Å². The summed E-state index contributed by atoms with van der Waals surface area (Å²) in [7, 11) is 0. The van der Waals surface area contributed by atoms with Gasteiger partial charge >= 0.3 is 0 Å². The summed E-state index contributed by atoms with van der Waals surface area (Å²) in [4.78, 5) is 11.6. The molecule has 0 atom stereocenters. The molecule has 0 fully saturated rings. The van der Waals surface area contributed by atoms with Crippen molar-refractivity contribution in [3.05, 3.63) is 51.2 Å². The molecule has 1 aromatic carbocycles. The summed E-state index contributed by atoms with van der Waals surface area (Å²) in [5, 5.41) is 2.93. The molecule has 0 bridgehead atoms. The molecule has 0 unspecified atom stereocenters. The largest absolute Gasteiger partial charge is 0.295 e. The molecule has 0 amide bonds. The zero-order chi connectivity index (χ0) is 11.7. The quantitative estimate of drug-likeness (QED) is 0.861. The van der Waals surface area contributed by atoms with Gasteiger partial charge in [0.1, 0.15) is 5.82 Å². The lowest BCUT2D eigenvalue weighted by Gasteiger charge is -2.02. The van der Waals surface area contributed by atoms with Crippen LogP contribution in [0.5, 0.6) is 0 Å². The van der Waals surface area contributed by atoms with Crippen molar-refractivity contribution < 1.29 is 4.39 Å². The van der Waals surface area contributed by atoms with Gasteiger partial charge in [-0.3, -0.25) is 9.89 Å². The average Bonchev–Trinajstić information content (AvgIpc) is 2.64. The zero-order valence-corrected chi connectivity index (χ0v) is 9.38. The normalized spacial score (nSPS) is 10.7. The minimum absolute atomic E-state index is 0.0408. The summed E-state index contributed by atoms with van der Waals surface area (Å²) in [6, 6.07) is 5.72. The van der Waals surface area contributed by atoms with Crippen LogP contribution in [0.2, 0.25) is 5.02 Å². The maximum atomic E-state index is 13.2. The molecule has 0 radical (unpaired) electrons. The number of aryl methyl sites for hydroxylation is 1. The summed E-state index contributed by atoms with van der Waals surface area (Å²) < 4.78 is 14.5. The minimum Gasteiger partial charge on any atom is -0.295 e. The second kappa shape index (κ2) is 4.14. The van der Waals surface area contributed by atoms with E-state index >= 15 is 0 Å². The molecular formula is C11H10ClFN2O. The predicted octanol–water partition coefficient (Wildman–Crippen LogP) is 2.52. The first-order chi connectivity index (χ1) is 7.61. The van der Waals surface area contributed by atoms with Gasteiger partial charge in [0.2, 0.25) is 0 Å². The highest BCUT2D eigenvalue weighted by molar-refractivity contribution is 6.30. The minimum atomic E-state index is -0.543. The summed E-state index contributed by atoms with van der Waals surface area (Å²) >= 11 is 5.57. The SMILES string of the molecule is CCc1cc(=O)n(-c2ccc(Cl)c(F)c2)[nH]1. The molecule has 1 N–H and O–H groups in total. The van der Waals surface area contributed by atoms with Gasteiger partial charge in [0.25, 0.3) is 5.56 Å². The fourth-order valence-corrected chi connectivity index (χ4v) is 1.56. The smallest absolute Gasteiger partial charge is 0.271 e. The van der Waals surface area contributed by atoms with Crippen LogP contribution in [-0.4, -0.2) is 9.78 Å². The highest BCUT2D eigenvalue weighted by Gasteiger charge is 2.06. The monoisotopic (exact) mass is 240 g/mol. The van der Waals surface area contributed by atoms with E-state index in [1.807, 2.05) is 6.92 Å². The highest BCUT2D eigenvalue weighted by atomic mass is 35.5. The van der Waals surface area contributed by atoms with Gasteiger partial charge < -0.3 is 0 Å². The van der Waals surface area contributed by atoms with Crippen LogP contribution in [0.15, 0.2) is 29.1 Å². The molecule has 5 heteroatoms. The number of aromatic amines is 1. The molecule has 0 saturated heterocycles. The molecule has 3 nitrogen and oxygen atoms in total. The number of halogens is 2. The Balaban J connectivity index is 2.54. The highest BCUT2D eigenvalue weighted by Crippen LogP contribution is 2.17. The molecule has 0 aliphatic rings. The standard InChI is InChI=1S/C11H10ClFN2O/c1-2-7-5-11(16)15(14-7)8-3-4-9(12)10(13)6-8/h3-6,14H,2H2,1H3. The molecular weight excluding hydrogens is 231 g/mol. The zero-order valence-electron chi connectivity index (χ0n) is 8.63. The number of benzene rings is 1. The first-order valence-electron chi connectivity index (χ1n) is 4.88. The van der Waals surface area contributed by atoms with E-state index in [9.17, 15) is 9.18 Å². The van der Waals surface area contributed by atoms with Crippen molar-refractivity contribution in [2.45, 2.75) is 13.3 Å². The van der Waals surface area contributed by atoms with Gasteiger partial charge in [0.05, 0.1) is 10.7 Å². The lowest BCUT2D eigenvalue weighted by molar-refractivity contribution is 0.625. The Bertz CT molecular complexity index is 574. The second-order valence-corrected chi connectivity index (χ2v) is 3.81. The van der Waals surface area contributed by atoms with Crippen molar-refractivity contribution in [1.29, 1.82) is 0 Å². The lowest BCUT2D eigenvalue weighted by atomic mass is 10.3. The van der Waals surface area contributed by atoms with Gasteiger partial charge in [-0.25, -0.2) is 9.07 Å². The third-order valence-electron chi connectivity index (χ3n) is 2.32. The number of nitrogens with zero attached hydrogens (tertiary/aromatic N) is 1. The van der Waals surface area contributed by atoms with E-state index in [-0.39, 0.29) is 10.6 Å². The Labute approximate surface area is 96.5 Å². The van der Waals surface area contributed by atoms with Crippen molar-refractivity contribution >= 4 is 11.6 Å². The van der Waals surface area contributed by atoms with Crippen molar-refractivity contribution in [1.82, 2.24) is 9.78 Å². The van der Waals surface area contributed by atoms with E-state index in [2.05, 4.69) is 5.10 Å². The van der Waals surface area contributed by atoms with Crippen LogP contribution in [0.25, 0.3) is 5.69 Å². The molecule has 84 valence electrons. The van der Waals surface area contributed by atoms with Gasteiger partial charge in [-0.05, 0) is 18.6 Å². The van der Waals surface area contributed by atoms with Crippen molar-refractivity contribution in [2.75, 3.05) is 0 Å². The summed E-state index contributed by atoms with van der Waals surface area (Å²) in [5.41, 5.74) is 1.03. The topological polar surface area (TPSA) is 37.8 Å². The molecule has 0 saturated carbocycles. The Morgan fingerprint density at radius 2 is 2.19 bits per heavy atom. The van der Waals surface area contributed by atoms with Crippen LogP contribution >= 0.6 is 11.6 Å². The third-order valence-corrected chi connectivity index (χ3v) is 2.62. The number of aromatic nitrogens is 2. The predicted molar refractivity (Wildman–Crippen MR) is 60.7 cm³/mol. The number of hydrogen-bond donors (Lipinski definition) is 1. The van der Waals surface area contributed by atoms with E-state index in [1.165, 1.54) is 22.9 Å². The summed E-state index contributed by atoms with van der Waals surface area (Å²) in [6.45, 7) is 1.93. The van der Waals surface area contributed by atoms with Crippen LogP contribution in [-0.2, 0) is 6.42 Å². The number of rotatable bonds is 2. The molecule has 2 rings (SSSR count). The van der Waals surface area contributed by atoms with Gasteiger partial charge in [-0.1, -0.05) is 18.5 Å². The molecule has 2 aromatic rings. The fourth-order valence-electron chi connectivity index (χ4n) is 1.44. The molecule has 0 aliphatic carbocycles. The molecule has 0 spiro atoms. The summed E-state index contributed by atoms with van der Waals surface area (Å²) in [5.74, 6) is -0.543. The first kappa shape index (κ1) is 11.0. The van der Waals surface area contributed by atoms with Gasteiger partial charge in [-0.2, -0.15) is 0 Å². The van der Waals surface area contributed by atoms with E-state index < -0.39 is 5.82 Å². The Morgan fingerprint density at radius 1 is 1.44 bits per heavy atom. The number of H-pyrrole nitrogens is 1. The van der Waals surface area contributed by atoms with Crippen molar-refractivity contribution in [2.24, 2.45) is 0 Å². The molecule has 0 aliphatic heterocycles. The number of nitrogens with one attached hydrogen (secondary N) is 1. The van der Waals surface area contributed by atoms with Crippen molar-refractivity contribution in [3.8, 4) is 5.69 Å². The average molecular weight is 241 g/mol. The molecule has 16 heavy (non-hydrogen) atoms. The maximum Gasteiger partial charge on any atom is 0.271 e. The molecule has 1 heterocycles. The Morgan fingerprint density at radius 3 is 2.75 bits per heavy atom. The number of hydrogen-bond acceptors (Lipinski definition) is 1. The van der Waals surface area contributed by atoms with Crippen LogP contribution in [0, 0.1) is 5.82 Å². The van der Waals surface area contributed by atoms with E-state index in [0.29, 0.717) is 5.69 Å². The van der Waals surface area contributed by atoms with Gasteiger partial charge in [-0.15, -0.1) is 0 Å². The van der Waals surface area contributed by atoms with Crippen molar-refractivity contribution in [3.63, 3.8) is 0 Å². The van der Waals surface area contributed by atoms with Crippen LogP contribution < -0.4 is 5.56 Å². The Hall–Kier alpha value is -1.55. The van der Waals surface area contributed by atoms with E-state index in [4.69, 9.17) is 11.6 Å². The molecule has 1 aromatic heterocycles. The third kappa shape index (κ3) is 1.88. The summed E-state index contributed by atoms with van der Waals surface area (Å²) in [6.07, 6.45) is 0.721. The first-order valence-corrected chi connectivity index (χ1v) is 5.26. The Kier molecular flexibility index (Phi) is 2.83. The lowest BCUT2D eigenvalue weighted by Crippen LogP contribution is -2.13. The van der Waals surface area contributed by atoms with E-state index in [0.717, 1.165) is 12.1 Å². The van der Waals surface area contributed by atoms with Gasteiger partial charge in [0, 0.05) is 17.8 Å².